The van der Waals surface area contributed by atoms with Crippen molar-refractivity contribution in [1.82, 2.24) is 5.32 Å². The normalized spacial score (nSPS) is 13.8. The molecule has 90 valence electrons. The Hall–Kier alpha value is -1.06. The van der Waals surface area contributed by atoms with Gasteiger partial charge in [-0.25, -0.2) is 0 Å². The van der Waals surface area contributed by atoms with E-state index in [1.807, 2.05) is 13.0 Å². The van der Waals surface area contributed by atoms with E-state index in [1.54, 1.807) is 12.1 Å². The van der Waals surface area contributed by atoms with Crippen LogP contribution in [0, 0.1) is 6.92 Å². The van der Waals surface area contributed by atoms with Gasteiger partial charge < -0.3 is 15.5 Å². The molecule has 0 aliphatic rings. The van der Waals surface area contributed by atoms with Crippen molar-refractivity contribution in [1.29, 1.82) is 0 Å². The zero-order chi connectivity index (χ0) is 12.3. The molecule has 0 saturated carbocycles. The highest BCUT2D eigenvalue weighted by Gasteiger charge is 2.14. The molecule has 0 aromatic heterocycles. The lowest BCUT2D eigenvalue weighted by Crippen LogP contribution is -2.38. The van der Waals surface area contributed by atoms with E-state index in [0.717, 1.165) is 11.1 Å². The van der Waals surface area contributed by atoms with Gasteiger partial charge >= 0.3 is 0 Å². The van der Waals surface area contributed by atoms with Crippen molar-refractivity contribution >= 4 is 0 Å². The molecule has 0 fully saturated rings. The molecule has 0 bridgehead atoms. The van der Waals surface area contributed by atoms with Crippen molar-refractivity contribution < 1.29 is 10.2 Å². The number of β-amino-alcohol motifs (C(OH)–C–C–N with tert-alkyl or cyclic N) is 1. The number of aliphatic hydroxyl groups excluding tert-OH is 1. The van der Waals surface area contributed by atoms with Gasteiger partial charge in [-0.1, -0.05) is 6.07 Å². The first-order valence-electron chi connectivity index (χ1n) is 5.52. The Morgan fingerprint density at radius 3 is 2.44 bits per heavy atom. The molecule has 16 heavy (non-hydrogen) atoms. The molecule has 0 spiro atoms. The van der Waals surface area contributed by atoms with Crippen LogP contribution >= 0.6 is 0 Å². The third-order valence-corrected chi connectivity index (χ3v) is 2.43. The van der Waals surface area contributed by atoms with Crippen molar-refractivity contribution in [3.63, 3.8) is 0 Å². The largest absolute Gasteiger partial charge is 0.508 e. The summed E-state index contributed by atoms with van der Waals surface area (Å²) in [4.78, 5) is 0. The second-order valence-corrected chi connectivity index (χ2v) is 5.19. The predicted molar refractivity (Wildman–Crippen MR) is 65.6 cm³/mol. The molecule has 0 radical (unpaired) electrons. The number of hydrogen-bond acceptors (Lipinski definition) is 3. The maximum absolute atomic E-state index is 9.96. The molecule has 3 heteroatoms. The van der Waals surface area contributed by atoms with Gasteiger partial charge in [-0.15, -0.1) is 0 Å². The highest BCUT2D eigenvalue weighted by Crippen LogP contribution is 2.21. The first kappa shape index (κ1) is 13.0. The number of aryl methyl sites for hydroxylation is 1. The second kappa shape index (κ2) is 4.85. The van der Waals surface area contributed by atoms with Gasteiger partial charge in [0.2, 0.25) is 0 Å². The lowest BCUT2D eigenvalue weighted by Gasteiger charge is -2.23. The quantitative estimate of drug-likeness (QED) is 0.735. The van der Waals surface area contributed by atoms with Gasteiger partial charge in [-0.2, -0.15) is 0 Å². The minimum Gasteiger partial charge on any atom is -0.508 e. The van der Waals surface area contributed by atoms with Crippen LogP contribution < -0.4 is 5.32 Å². The third kappa shape index (κ3) is 3.83. The highest BCUT2D eigenvalue weighted by atomic mass is 16.3. The summed E-state index contributed by atoms with van der Waals surface area (Å²) < 4.78 is 0. The fraction of sp³-hybridized carbons (Fsp3) is 0.538. The summed E-state index contributed by atoms with van der Waals surface area (Å²) in [5.74, 6) is 0.264. The van der Waals surface area contributed by atoms with Crippen LogP contribution in [0.15, 0.2) is 18.2 Å². The van der Waals surface area contributed by atoms with Crippen LogP contribution in [0.4, 0.5) is 0 Å². The van der Waals surface area contributed by atoms with Gasteiger partial charge in [0.25, 0.3) is 0 Å². The zero-order valence-electron chi connectivity index (χ0n) is 10.4. The van der Waals surface area contributed by atoms with E-state index in [1.165, 1.54) is 0 Å². The Bertz CT molecular complexity index is 355. The SMILES string of the molecule is Cc1cc(C(O)CNC(C)(C)C)ccc1O. The standard InChI is InChI=1S/C13H21NO2/c1-9-7-10(5-6-11(9)15)12(16)8-14-13(2,3)4/h5-7,12,14-16H,8H2,1-4H3. The van der Waals surface area contributed by atoms with Gasteiger partial charge in [0, 0.05) is 12.1 Å². The average Bonchev–Trinajstić information content (AvgIpc) is 2.17. The first-order chi connectivity index (χ1) is 7.29. The third-order valence-electron chi connectivity index (χ3n) is 2.43. The second-order valence-electron chi connectivity index (χ2n) is 5.19. The van der Waals surface area contributed by atoms with E-state index < -0.39 is 6.10 Å². The van der Waals surface area contributed by atoms with E-state index >= 15 is 0 Å². The van der Waals surface area contributed by atoms with E-state index in [9.17, 15) is 10.2 Å². The fourth-order valence-corrected chi connectivity index (χ4v) is 1.41. The molecule has 1 rings (SSSR count). The topological polar surface area (TPSA) is 52.5 Å². The van der Waals surface area contributed by atoms with Crippen LogP contribution in [0.1, 0.15) is 38.0 Å². The number of hydrogen-bond donors (Lipinski definition) is 3. The van der Waals surface area contributed by atoms with Crippen LogP contribution in [0.5, 0.6) is 5.75 Å². The van der Waals surface area contributed by atoms with Crippen LogP contribution in [0.25, 0.3) is 0 Å². The van der Waals surface area contributed by atoms with Crippen molar-refractivity contribution in [2.24, 2.45) is 0 Å². The fourth-order valence-electron chi connectivity index (χ4n) is 1.41. The summed E-state index contributed by atoms with van der Waals surface area (Å²) in [6.45, 7) is 8.50. The minimum atomic E-state index is -0.543. The molecule has 1 aromatic carbocycles. The Balaban J connectivity index is 2.66. The highest BCUT2D eigenvalue weighted by molar-refractivity contribution is 5.35. The molecule has 1 aromatic rings. The van der Waals surface area contributed by atoms with E-state index in [4.69, 9.17) is 0 Å². The van der Waals surface area contributed by atoms with Crippen molar-refractivity contribution in [2.45, 2.75) is 39.3 Å². The van der Waals surface area contributed by atoms with Crippen molar-refractivity contribution in [3.05, 3.63) is 29.3 Å². The molecule has 1 unspecified atom stereocenters. The molecule has 0 amide bonds. The number of aliphatic hydroxyl groups is 1. The zero-order valence-corrected chi connectivity index (χ0v) is 10.4. The summed E-state index contributed by atoms with van der Waals surface area (Å²) in [5, 5.41) is 22.6. The van der Waals surface area contributed by atoms with Crippen molar-refractivity contribution in [2.75, 3.05) is 6.54 Å². The Morgan fingerprint density at radius 1 is 1.31 bits per heavy atom. The molecule has 0 aliphatic carbocycles. The summed E-state index contributed by atoms with van der Waals surface area (Å²) >= 11 is 0. The minimum absolute atomic E-state index is 0.00700. The molecule has 0 aliphatic heterocycles. The molecule has 0 saturated heterocycles. The van der Waals surface area contributed by atoms with Crippen LogP contribution in [-0.4, -0.2) is 22.3 Å². The average molecular weight is 223 g/mol. The molecule has 0 heterocycles. The maximum Gasteiger partial charge on any atom is 0.118 e. The molecular formula is C13H21NO2. The van der Waals surface area contributed by atoms with E-state index in [-0.39, 0.29) is 11.3 Å². The molecule has 3 N–H and O–H groups in total. The molecule has 1 atom stereocenters. The van der Waals surface area contributed by atoms with Gasteiger partial charge in [-0.05, 0) is 51.0 Å². The van der Waals surface area contributed by atoms with Gasteiger partial charge in [0.1, 0.15) is 5.75 Å². The summed E-state index contributed by atoms with van der Waals surface area (Å²) in [7, 11) is 0. The Labute approximate surface area is 97.1 Å². The smallest absolute Gasteiger partial charge is 0.118 e. The van der Waals surface area contributed by atoms with Gasteiger partial charge in [-0.3, -0.25) is 0 Å². The molecule has 3 nitrogen and oxygen atoms in total. The van der Waals surface area contributed by atoms with Gasteiger partial charge in [0.15, 0.2) is 0 Å². The van der Waals surface area contributed by atoms with Crippen LogP contribution in [0.3, 0.4) is 0 Å². The number of rotatable bonds is 3. The number of benzene rings is 1. The lowest BCUT2D eigenvalue weighted by molar-refractivity contribution is 0.163. The monoisotopic (exact) mass is 223 g/mol. The van der Waals surface area contributed by atoms with Crippen LogP contribution in [0.2, 0.25) is 0 Å². The molecular weight excluding hydrogens is 202 g/mol. The number of aromatic hydroxyl groups is 1. The van der Waals surface area contributed by atoms with E-state index in [0.29, 0.717) is 6.54 Å². The summed E-state index contributed by atoms with van der Waals surface area (Å²) in [6, 6.07) is 5.17. The maximum atomic E-state index is 9.96. The number of phenolic OH excluding ortho intramolecular Hbond substituents is 1. The van der Waals surface area contributed by atoms with Gasteiger partial charge in [0.05, 0.1) is 6.10 Å². The number of nitrogens with one attached hydrogen (secondary N) is 1. The van der Waals surface area contributed by atoms with E-state index in [2.05, 4.69) is 26.1 Å². The Kier molecular flexibility index (Phi) is 3.94. The van der Waals surface area contributed by atoms with Crippen molar-refractivity contribution in [3.8, 4) is 5.75 Å². The predicted octanol–water partition coefficient (Wildman–Crippen LogP) is 2.12. The summed E-state index contributed by atoms with van der Waals surface area (Å²) in [6.07, 6.45) is -0.543. The lowest BCUT2D eigenvalue weighted by atomic mass is 10.0. The summed E-state index contributed by atoms with van der Waals surface area (Å²) in [5.41, 5.74) is 1.60. The number of phenols is 1. The Morgan fingerprint density at radius 2 is 1.94 bits per heavy atom. The first-order valence-corrected chi connectivity index (χ1v) is 5.52. The van der Waals surface area contributed by atoms with Crippen LogP contribution in [-0.2, 0) is 0 Å².